The fourth-order valence-electron chi connectivity index (χ4n) is 12.0. The Balaban J connectivity index is 1.32. The van der Waals surface area contributed by atoms with Crippen molar-refractivity contribution in [3.8, 4) is 0 Å². The molecule has 0 amide bonds. The second-order valence-electron chi connectivity index (χ2n) is 18.4. The molecule has 6 aliphatic rings. The van der Waals surface area contributed by atoms with Crippen molar-refractivity contribution in [3.05, 3.63) is 0 Å². The lowest BCUT2D eigenvalue weighted by Crippen LogP contribution is -2.64. The zero-order valence-corrected chi connectivity index (χ0v) is 31.9. The van der Waals surface area contributed by atoms with E-state index in [0.717, 1.165) is 0 Å². The molecule has 4 saturated carbocycles. The number of aliphatic hydroxyl groups is 8. The summed E-state index contributed by atoms with van der Waals surface area (Å²) in [6.07, 6.45) is -12.3. The zero-order valence-electron chi connectivity index (χ0n) is 31.9. The Kier molecular flexibility index (Phi) is 12.3. The molecule has 6 fully saturated rings. The first-order valence-corrected chi connectivity index (χ1v) is 19.9. The molecule has 2 saturated heterocycles. The summed E-state index contributed by atoms with van der Waals surface area (Å²) >= 11 is 0. The third-order valence-electron chi connectivity index (χ3n) is 14.7. The number of aliphatic hydroxyl groups excluding tert-OH is 8. The molecule has 0 aromatic carbocycles. The molecule has 8 N–H and O–H groups in total. The van der Waals surface area contributed by atoms with Crippen LogP contribution in [0.2, 0.25) is 0 Å². The van der Waals surface area contributed by atoms with Crippen molar-refractivity contribution in [2.24, 2.45) is 52.3 Å². The van der Waals surface area contributed by atoms with Gasteiger partial charge in [0.1, 0.15) is 54.3 Å². The maximum atomic E-state index is 14.5. The Hall–Kier alpha value is -1.14. The first-order chi connectivity index (χ1) is 24.8. The van der Waals surface area contributed by atoms with Crippen molar-refractivity contribution in [2.45, 2.75) is 173 Å². The maximum absolute atomic E-state index is 14.5. The minimum atomic E-state index is -1.62. The number of hydrogen-bond acceptors (Lipinski definition) is 14. The van der Waals surface area contributed by atoms with Gasteiger partial charge in [-0.05, 0) is 73.5 Å². The van der Waals surface area contributed by atoms with E-state index in [0.29, 0.717) is 38.5 Å². The summed E-state index contributed by atoms with van der Waals surface area (Å²) in [7, 11) is 0. The van der Waals surface area contributed by atoms with E-state index < -0.39 is 103 Å². The lowest BCUT2D eigenvalue weighted by molar-refractivity contribution is -0.326. The molecule has 2 heterocycles. The van der Waals surface area contributed by atoms with Gasteiger partial charge in [0, 0.05) is 37.0 Å². The summed E-state index contributed by atoms with van der Waals surface area (Å²) in [5.74, 6) is -1.01. The van der Waals surface area contributed by atoms with Gasteiger partial charge < -0.3 is 59.8 Å². The van der Waals surface area contributed by atoms with Gasteiger partial charge in [-0.25, -0.2) is 0 Å². The Labute approximate surface area is 312 Å². The molecule has 14 heteroatoms. The highest BCUT2D eigenvalue weighted by Gasteiger charge is 2.68. The number of Topliss-reactive ketones (excluding diaryl/α,β-unsaturated/α-hetero) is 2. The summed E-state index contributed by atoms with van der Waals surface area (Å²) < 4.78 is 24.7. The molecular weight excluding hydrogens is 692 g/mol. The standard InChI is InChI=1S/C39H64O14/c1-16(2)9-20(41)10-17(3)29-25(51-37-35(49)33(47)31(45)26(15-40)52-37)14-23-28-22(7-8-38(23,29)5)39(6)19(12-24(28)43)11-21(42)13-27(39)53-36-34(48)32(46)30(44)18(4)50-36/h16-19,21-23,25-37,40,42,44-49H,7-15H2,1-6H3/t17-,18+,19-,21-,22+,23+,25+,26-,27-,28-,29+,30+,31-,32-,33+,34-,35-,36-,37-,38+,39+/m1/s1. The summed E-state index contributed by atoms with van der Waals surface area (Å²) in [4.78, 5) is 27.7. The van der Waals surface area contributed by atoms with Crippen LogP contribution >= 0.6 is 0 Å². The molecule has 0 bridgehead atoms. The van der Waals surface area contributed by atoms with Crippen molar-refractivity contribution >= 4 is 11.6 Å². The van der Waals surface area contributed by atoms with Crippen molar-refractivity contribution in [1.82, 2.24) is 0 Å². The average Bonchev–Trinajstić information content (AvgIpc) is 3.38. The largest absolute Gasteiger partial charge is 0.394 e. The maximum Gasteiger partial charge on any atom is 0.186 e. The molecule has 14 nitrogen and oxygen atoms in total. The van der Waals surface area contributed by atoms with Crippen molar-refractivity contribution < 1.29 is 69.4 Å². The van der Waals surface area contributed by atoms with Crippen LogP contribution in [-0.2, 0) is 28.5 Å². The molecule has 0 aromatic rings. The Morgan fingerprint density at radius 1 is 0.830 bits per heavy atom. The highest BCUT2D eigenvalue weighted by Crippen LogP contribution is 2.68. The topological polar surface area (TPSA) is 233 Å². The molecular formula is C39H64O14. The Morgan fingerprint density at radius 2 is 1.47 bits per heavy atom. The van der Waals surface area contributed by atoms with Crippen molar-refractivity contribution in [1.29, 1.82) is 0 Å². The Bertz CT molecular complexity index is 1310. The van der Waals surface area contributed by atoms with E-state index >= 15 is 0 Å². The first-order valence-electron chi connectivity index (χ1n) is 19.9. The van der Waals surface area contributed by atoms with E-state index in [1.807, 2.05) is 20.8 Å². The first kappa shape index (κ1) is 41.5. The number of carbonyl (C=O) groups is 2. The van der Waals surface area contributed by atoms with Gasteiger partial charge in [0.25, 0.3) is 0 Å². The molecule has 6 rings (SSSR count). The van der Waals surface area contributed by atoms with Crippen LogP contribution in [0.25, 0.3) is 0 Å². The van der Waals surface area contributed by atoms with Crippen LogP contribution in [0, 0.1) is 52.3 Å². The molecule has 4 aliphatic carbocycles. The molecule has 0 spiro atoms. The zero-order chi connectivity index (χ0) is 38.9. The second-order valence-corrected chi connectivity index (χ2v) is 18.4. The van der Waals surface area contributed by atoms with Crippen LogP contribution in [0.4, 0.5) is 0 Å². The average molecular weight is 757 g/mol. The molecule has 304 valence electrons. The molecule has 0 aromatic heterocycles. The van der Waals surface area contributed by atoms with E-state index in [1.165, 1.54) is 0 Å². The van der Waals surface area contributed by atoms with Crippen LogP contribution in [0.15, 0.2) is 0 Å². The van der Waals surface area contributed by atoms with E-state index in [2.05, 4.69) is 13.8 Å². The van der Waals surface area contributed by atoms with E-state index in [-0.39, 0.29) is 59.9 Å². The quantitative estimate of drug-likeness (QED) is 0.151. The van der Waals surface area contributed by atoms with E-state index in [9.17, 15) is 50.4 Å². The number of hydrogen-bond donors (Lipinski definition) is 8. The number of carbonyl (C=O) groups excluding carboxylic acids is 2. The summed E-state index contributed by atoms with van der Waals surface area (Å²) in [5, 5.41) is 84.6. The number of fused-ring (bicyclic) bond motifs is 5. The number of rotatable bonds is 10. The molecule has 0 unspecified atom stereocenters. The molecule has 2 aliphatic heterocycles. The van der Waals surface area contributed by atoms with Crippen molar-refractivity contribution in [3.63, 3.8) is 0 Å². The predicted octanol–water partition coefficient (Wildman–Crippen LogP) is 0.444. The van der Waals surface area contributed by atoms with Gasteiger partial charge in [0.05, 0.1) is 31.0 Å². The molecule has 53 heavy (non-hydrogen) atoms. The minimum Gasteiger partial charge on any atom is -0.394 e. The van der Waals surface area contributed by atoms with Gasteiger partial charge in [0.2, 0.25) is 0 Å². The van der Waals surface area contributed by atoms with Crippen LogP contribution in [0.1, 0.15) is 92.9 Å². The van der Waals surface area contributed by atoms with Crippen LogP contribution in [-0.4, -0.2) is 139 Å². The van der Waals surface area contributed by atoms with Gasteiger partial charge in [-0.2, -0.15) is 0 Å². The van der Waals surface area contributed by atoms with Gasteiger partial charge in [-0.1, -0.05) is 34.6 Å². The van der Waals surface area contributed by atoms with E-state index in [1.54, 1.807) is 6.92 Å². The lowest BCUT2D eigenvalue weighted by Gasteiger charge is -2.62. The summed E-state index contributed by atoms with van der Waals surface area (Å²) in [6.45, 7) is 11.3. The predicted molar refractivity (Wildman–Crippen MR) is 186 cm³/mol. The van der Waals surface area contributed by atoms with Gasteiger partial charge >= 0.3 is 0 Å². The van der Waals surface area contributed by atoms with Crippen LogP contribution in [0.5, 0.6) is 0 Å². The van der Waals surface area contributed by atoms with Crippen LogP contribution in [0.3, 0.4) is 0 Å². The van der Waals surface area contributed by atoms with Gasteiger partial charge in [-0.3, -0.25) is 9.59 Å². The molecule has 0 radical (unpaired) electrons. The number of ether oxygens (including phenoxy) is 4. The fourth-order valence-corrected chi connectivity index (χ4v) is 12.0. The lowest BCUT2D eigenvalue weighted by atomic mass is 9.43. The Morgan fingerprint density at radius 3 is 2.11 bits per heavy atom. The smallest absolute Gasteiger partial charge is 0.186 e. The number of ketones is 2. The highest BCUT2D eigenvalue weighted by molar-refractivity contribution is 5.83. The van der Waals surface area contributed by atoms with Gasteiger partial charge in [0.15, 0.2) is 12.6 Å². The normalized spacial score (nSPS) is 52.1. The SMILES string of the molecule is CC(C)CC(=O)C[C@@H](C)[C@H]1[C@@H](O[C@@H]2O[C@H](CO)[C@@H](O)[C@H](O)[C@H]2O)C[C@H]2[C@@H]3C(=O)C[C@H]4C[C@@H](O)C[C@@H](O[C@H]5O[C@@H](C)[C@H](O)[C@@H](O)[C@H]5O)[C@]4(C)[C@H]3CC[C@]12C. The fraction of sp³-hybridized carbons (Fsp3) is 0.949. The molecule has 21 atom stereocenters. The van der Waals surface area contributed by atoms with Crippen molar-refractivity contribution in [2.75, 3.05) is 6.61 Å². The highest BCUT2D eigenvalue weighted by atomic mass is 16.7. The van der Waals surface area contributed by atoms with Gasteiger partial charge in [-0.15, -0.1) is 0 Å². The third-order valence-corrected chi connectivity index (χ3v) is 14.7. The monoisotopic (exact) mass is 756 g/mol. The summed E-state index contributed by atoms with van der Waals surface area (Å²) in [6, 6.07) is 0. The minimum absolute atomic E-state index is 0.0955. The second kappa shape index (κ2) is 15.7. The third kappa shape index (κ3) is 7.31. The van der Waals surface area contributed by atoms with Crippen LogP contribution < -0.4 is 0 Å². The van der Waals surface area contributed by atoms with E-state index in [4.69, 9.17) is 18.9 Å². The summed E-state index contributed by atoms with van der Waals surface area (Å²) in [5.41, 5.74) is -1.10.